The molecule has 4 fully saturated rings. The van der Waals surface area contributed by atoms with E-state index in [0.29, 0.717) is 32.1 Å². The first-order valence-corrected chi connectivity index (χ1v) is 12.4. The SMILES string of the molecule is O=C(NC1CCN(C(=O)N2CCC2)C1COC1CCN(c2ncc(F)cn2)CC1)[C@@H]1CCCO1. The summed E-state index contributed by atoms with van der Waals surface area (Å²) in [4.78, 5) is 39.6. The number of rotatable bonds is 6. The zero-order valence-corrected chi connectivity index (χ0v) is 19.4. The standard InChI is InChI=1S/C23H33FN6O4/c24-16-13-25-22(26-14-16)28-9-4-17(5-10-28)34-15-19-18(27-21(31)20-3-1-12-33-20)6-11-30(19)23(32)29-7-2-8-29/h13-14,17-20H,1-12,15H2,(H,27,31)/t18?,19?,20-/m0/s1. The molecule has 1 N–H and O–H groups in total. The Labute approximate surface area is 198 Å². The molecule has 3 amide bonds. The monoisotopic (exact) mass is 476 g/mol. The van der Waals surface area contributed by atoms with E-state index in [1.165, 1.54) is 12.4 Å². The molecule has 5 rings (SSSR count). The van der Waals surface area contributed by atoms with Gasteiger partial charge in [-0.05, 0) is 38.5 Å². The molecule has 3 atom stereocenters. The molecule has 4 aliphatic heterocycles. The molecule has 1 aromatic heterocycles. The lowest BCUT2D eigenvalue weighted by atomic mass is 10.1. The number of carbonyl (C=O) groups is 2. The molecule has 0 radical (unpaired) electrons. The number of likely N-dealkylation sites (tertiary alicyclic amines) is 2. The normalized spacial score (nSPS) is 27.7. The van der Waals surface area contributed by atoms with Gasteiger partial charge in [0, 0.05) is 39.3 Å². The Morgan fingerprint density at radius 3 is 2.47 bits per heavy atom. The van der Waals surface area contributed by atoms with Crippen LogP contribution in [0, 0.1) is 5.82 Å². The van der Waals surface area contributed by atoms with Gasteiger partial charge in [0.05, 0.1) is 37.2 Å². The van der Waals surface area contributed by atoms with Gasteiger partial charge in [-0.15, -0.1) is 0 Å². The van der Waals surface area contributed by atoms with Gasteiger partial charge in [-0.1, -0.05) is 0 Å². The van der Waals surface area contributed by atoms with Crippen LogP contribution < -0.4 is 10.2 Å². The zero-order chi connectivity index (χ0) is 23.5. The van der Waals surface area contributed by atoms with Crippen molar-refractivity contribution in [1.29, 1.82) is 0 Å². The van der Waals surface area contributed by atoms with Crippen LogP contribution in [0.1, 0.15) is 38.5 Å². The number of carbonyl (C=O) groups excluding carboxylic acids is 2. The highest BCUT2D eigenvalue weighted by molar-refractivity contribution is 5.82. The maximum absolute atomic E-state index is 13.1. The van der Waals surface area contributed by atoms with E-state index in [-0.39, 0.29) is 36.2 Å². The second-order valence-electron chi connectivity index (χ2n) is 9.51. The maximum atomic E-state index is 13.1. The summed E-state index contributed by atoms with van der Waals surface area (Å²) in [6.07, 6.45) is 7.00. The molecular formula is C23H33FN6O4. The predicted octanol–water partition coefficient (Wildman–Crippen LogP) is 1.16. The van der Waals surface area contributed by atoms with Crippen molar-refractivity contribution in [3.8, 4) is 0 Å². The fourth-order valence-corrected chi connectivity index (χ4v) is 5.14. The highest BCUT2D eigenvalue weighted by Gasteiger charge is 2.42. The average molecular weight is 477 g/mol. The van der Waals surface area contributed by atoms with Gasteiger partial charge in [0.2, 0.25) is 11.9 Å². The summed E-state index contributed by atoms with van der Waals surface area (Å²) in [5, 5.41) is 3.14. The van der Waals surface area contributed by atoms with E-state index in [4.69, 9.17) is 9.47 Å². The van der Waals surface area contributed by atoms with Crippen LogP contribution in [0.5, 0.6) is 0 Å². The largest absolute Gasteiger partial charge is 0.376 e. The number of amides is 3. The summed E-state index contributed by atoms with van der Waals surface area (Å²) < 4.78 is 24.9. The van der Waals surface area contributed by atoms with Gasteiger partial charge in [-0.3, -0.25) is 4.79 Å². The van der Waals surface area contributed by atoms with E-state index < -0.39 is 5.82 Å². The van der Waals surface area contributed by atoms with Crippen LogP contribution in [0.4, 0.5) is 15.1 Å². The molecule has 0 aromatic carbocycles. The Morgan fingerprint density at radius 2 is 1.82 bits per heavy atom. The van der Waals surface area contributed by atoms with Gasteiger partial charge >= 0.3 is 6.03 Å². The first-order valence-electron chi connectivity index (χ1n) is 12.4. The summed E-state index contributed by atoms with van der Waals surface area (Å²) in [7, 11) is 0. The van der Waals surface area contributed by atoms with Gasteiger partial charge in [0.1, 0.15) is 6.10 Å². The summed E-state index contributed by atoms with van der Waals surface area (Å²) in [5.41, 5.74) is 0. The summed E-state index contributed by atoms with van der Waals surface area (Å²) in [5.74, 6) is -0.00535. The minimum atomic E-state index is -0.447. The van der Waals surface area contributed by atoms with Crippen LogP contribution in [0.2, 0.25) is 0 Å². The number of aromatic nitrogens is 2. The molecule has 0 bridgehead atoms. The Kier molecular flexibility index (Phi) is 7.10. The molecule has 186 valence electrons. The van der Waals surface area contributed by atoms with Gasteiger partial charge in [0.25, 0.3) is 0 Å². The van der Waals surface area contributed by atoms with Crippen LogP contribution in [-0.2, 0) is 14.3 Å². The molecular weight excluding hydrogens is 443 g/mol. The first-order chi connectivity index (χ1) is 16.6. The van der Waals surface area contributed by atoms with E-state index in [9.17, 15) is 14.0 Å². The average Bonchev–Trinajstić information content (AvgIpc) is 3.48. The zero-order valence-electron chi connectivity index (χ0n) is 19.4. The summed E-state index contributed by atoms with van der Waals surface area (Å²) >= 11 is 0. The number of nitrogens with one attached hydrogen (secondary N) is 1. The van der Waals surface area contributed by atoms with Gasteiger partial charge < -0.3 is 29.5 Å². The lowest BCUT2D eigenvalue weighted by Gasteiger charge is -2.38. The number of anilines is 1. The Hall–Kier alpha value is -2.53. The fourth-order valence-electron chi connectivity index (χ4n) is 5.14. The van der Waals surface area contributed by atoms with E-state index in [2.05, 4.69) is 15.3 Å². The molecule has 10 nitrogen and oxygen atoms in total. The number of ether oxygens (including phenoxy) is 2. The lowest BCUT2D eigenvalue weighted by molar-refractivity contribution is -0.131. The van der Waals surface area contributed by atoms with E-state index in [0.717, 1.165) is 58.3 Å². The van der Waals surface area contributed by atoms with Gasteiger partial charge in [-0.25, -0.2) is 19.2 Å². The van der Waals surface area contributed by atoms with Crippen LogP contribution in [0.25, 0.3) is 0 Å². The van der Waals surface area contributed by atoms with Gasteiger partial charge in [0.15, 0.2) is 5.82 Å². The van der Waals surface area contributed by atoms with Crippen molar-refractivity contribution < 1.29 is 23.5 Å². The Bertz CT molecular complexity index is 856. The molecule has 0 spiro atoms. The first kappa shape index (κ1) is 23.2. The van der Waals surface area contributed by atoms with Crippen molar-refractivity contribution in [2.75, 3.05) is 50.8 Å². The highest BCUT2D eigenvalue weighted by atomic mass is 19.1. The number of hydrogen-bond donors (Lipinski definition) is 1. The molecule has 2 unspecified atom stereocenters. The van der Waals surface area contributed by atoms with Crippen LogP contribution in [0.15, 0.2) is 12.4 Å². The molecule has 11 heteroatoms. The number of nitrogens with zero attached hydrogens (tertiary/aromatic N) is 5. The van der Waals surface area contributed by atoms with Crippen LogP contribution in [0.3, 0.4) is 0 Å². The topological polar surface area (TPSA) is 100 Å². The van der Waals surface area contributed by atoms with Crippen LogP contribution >= 0.6 is 0 Å². The predicted molar refractivity (Wildman–Crippen MR) is 121 cm³/mol. The third kappa shape index (κ3) is 5.10. The number of urea groups is 1. The van der Waals surface area contributed by atoms with Crippen molar-refractivity contribution in [2.45, 2.75) is 62.8 Å². The molecule has 4 saturated heterocycles. The second-order valence-corrected chi connectivity index (χ2v) is 9.51. The Balaban J connectivity index is 1.17. The maximum Gasteiger partial charge on any atom is 0.320 e. The van der Waals surface area contributed by atoms with E-state index in [1.54, 1.807) is 0 Å². The third-order valence-corrected chi connectivity index (χ3v) is 7.30. The molecule has 4 aliphatic rings. The van der Waals surface area contributed by atoms with Crippen LogP contribution in [-0.4, -0.2) is 102 Å². The fraction of sp³-hybridized carbons (Fsp3) is 0.739. The molecule has 34 heavy (non-hydrogen) atoms. The third-order valence-electron chi connectivity index (χ3n) is 7.30. The summed E-state index contributed by atoms with van der Waals surface area (Å²) in [6.45, 7) is 4.64. The molecule has 0 saturated carbocycles. The van der Waals surface area contributed by atoms with Crippen molar-refractivity contribution in [3.05, 3.63) is 18.2 Å². The van der Waals surface area contributed by atoms with Crippen molar-refractivity contribution in [1.82, 2.24) is 25.1 Å². The second kappa shape index (κ2) is 10.4. The Morgan fingerprint density at radius 1 is 1.06 bits per heavy atom. The minimum Gasteiger partial charge on any atom is -0.376 e. The van der Waals surface area contributed by atoms with Crippen molar-refractivity contribution in [3.63, 3.8) is 0 Å². The molecule has 0 aliphatic carbocycles. The van der Waals surface area contributed by atoms with Crippen molar-refractivity contribution in [2.24, 2.45) is 0 Å². The number of halogens is 1. The van der Waals surface area contributed by atoms with Gasteiger partial charge in [-0.2, -0.15) is 0 Å². The molecule has 5 heterocycles. The van der Waals surface area contributed by atoms with E-state index in [1.807, 2.05) is 14.7 Å². The lowest BCUT2D eigenvalue weighted by Crippen LogP contribution is -2.56. The quantitative estimate of drug-likeness (QED) is 0.658. The number of hydrogen-bond acceptors (Lipinski definition) is 7. The number of piperidine rings is 1. The van der Waals surface area contributed by atoms with Crippen molar-refractivity contribution >= 4 is 17.9 Å². The van der Waals surface area contributed by atoms with E-state index >= 15 is 0 Å². The smallest absolute Gasteiger partial charge is 0.320 e. The minimum absolute atomic E-state index is 0.0389. The highest BCUT2D eigenvalue weighted by Crippen LogP contribution is 2.25. The summed E-state index contributed by atoms with van der Waals surface area (Å²) in [6, 6.07) is -0.302. The molecule has 1 aromatic rings.